The molecule has 0 amide bonds. The van der Waals surface area contributed by atoms with E-state index in [1.54, 1.807) is 18.1 Å². The van der Waals surface area contributed by atoms with Gasteiger partial charge in [-0.05, 0) is 50.4 Å². The van der Waals surface area contributed by atoms with E-state index in [-0.39, 0.29) is 5.92 Å². The zero-order valence-corrected chi connectivity index (χ0v) is 11.1. The molecule has 0 aromatic rings. The normalized spacial score (nSPS) is 33.5. The average molecular weight is 220 g/mol. The van der Waals surface area contributed by atoms with Crippen molar-refractivity contribution in [2.45, 2.75) is 59.8 Å². The van der Waals surface area contributed by atoms with Crippen LogP contribution < -0.4 is 0 Å². The van der Waals surface area contributed by atoms with Gasteiger partial charge >= 0.3 is 0 Å². The van der Waals surface area contributed by atoms with Gasteiger partial charge in [0.05, 0.1) is 0 Å². The Kier molecular flexibility index (Phi) is 2.98. The lowest BCUT2D eigenvalue weighted by molar-refractivity contribution is -0.122. The molecule has 0 spiro atoms. The molecule has 0 radical (unpaired) electrons. The smallest absolute Gasteiger partial charge is 0.133 e. The van der Waals surface area contributed by atoms with Crippen molar-refractivity contribution in [2.24, 2.45) is 17.3 Å². The lowest BCUT2D eigenvalue weighted by Gasteiger charge is -2.44. The maximum Gasteiger partial charge on any atom is 0.133 e. The molecule has 2 rings (SSSR count). The number of Topliss-reactive ketones (excluding diaryl/α,β-unsaturated/α-hetero) is 1. The summed E-state index contributed by atoms with van der Waals surface area (Å²) in [5.41, 5.74) is 3.65. The molecular formula is C15H24O. The molecule has 1 nitrogen and oxygen atoms in total. The van der Waals surface area contributed by atoms with E-state index in [1.165, 1.54) is 25.7 Å². The molecule has 0 aromatic heterocycles. The van der Waals surface area contributed by atoms with Crippen LogP contribution in [0.3, 0.4) is 0 Å². The fraction of sp³-hybridized carbons (Fsp3) is 0.800. The highest BCUT2D eigenvalue weighted by molar-refractivity contribution is 5.79. The van der Waals surface area contributed by atoms with Gasteiger partial charge in [-0.1, -0.05) is 31.9 Å². The standard InChI is InChI=1S/C15H24O/c1-10-13(11(2)16)8-7-12-6-5-9-15(3,4)14(10)12/h10,13H,5-9H2,1-4H3. The van der Waals surface area contributed by atoms with Crippen molar-refractivity contribution in [3.8, 4) is 0 Å². The molecule has 0 saturated carbocycles. The van der Waals surface area contributed by atoms with Gasteiger partial charge in [0.1, 0.15) is 5.78 Å². The Bertz CT molecular complexity index is 335. The van der Waals surface area contributed by atoms with Gasteiger partial charge in [0.2, 0.25) is 0 Å². The van der Waals surface area contributed by atoms with Crippen LogP contribution >= 0.6 is 0 Å². The molecule has 2 unspecified atom stereocenters. The van der Waals surface area contributed by atoms with Crippen LogP contribution in [0.4, 0.5) is 0 Å². The molecule has 2 aliphatic carbocycles. The molecule has 1 heteroatoms. The number of carbonyl (C=O) groups is 1. The first kappa shape index (κ1) is 11.9. The van der Waals surface area contributed by atoms with Crippen LogP contribution in [0.2, 0.25) is 0 Å². The fourth-order valence-electron chi connectivity index (χ4n) is 4.03. The zero-order valence-electron chi connectivity index (χ0n) is 11.1. The lowest BCUT2D eigenvalue weighted by Crippen LogP contribution is -2.34. The molecular weight excluding hydrogens is 196 g/mol. The van der Waals surface area contributed by atoms with Crippen molar-refractivity contribution in [1.82, 2.24) is 0 Å². The van der Waals surface area contributed by atoms with Crippen LogP contribution in [0.1, 0.15) is 59.8 Å². The van der Waals surface area contributed by atoms with E-state index in [4.69, 9.17) is 0 Å². The summed E-state index contributed by atoms with van der Waals surface area (Å²) in [4.78, 5) is 11.7. The van der Waals surface area contributed by atoms with Crippen molar-refractivity contribution in [3.63, 3.8) is 0 Å². The summed E-state index contributed by atoms with van der Waals surface area (Å²) in [7, 11) is 0. The second-order valence-corrected chi connectivity index (χ2v) is 6.30. The van der Waals surface area contributed by atoms with Crippen LogP contribution in [-0.4, -0.2) is 5.78 Å². The molecule has 90 valence electrons. The van der Waals surface area contributed by atoms with E-state index in [0.29, 0.717) is 17.1 Å². The number of hydrogen-bond donors (Lipinski definition) is 0. The van der Waals surface area contributed by atoms with Gasteiger partial charge in [0.15, 0.2) is 0 Å². The molecule has 2 aliphatic rings. The Balaban J connectivity index is 2.36. The minimum absolute atomic E-state index is 0.288. The Hall–Kier alpha value is -0.590. The van der Waals surface area contributed by atoms with Gasteiger partial charge in [-0.15, -0.1) is 0 Å². The number of carbonyl (C=O) groups excluding carboxylic acids is 1. The Morgan fingerprint density at radius 1 is 1.31 bits per heavy atom. The van der Waals surface area contributed by atoms with Crippen molar-refractivity contribution < 1.29 is 4.79 Å². The topological polar surface area (TPSA) is 17.1 Å². The summed E-state index contributed by atoms with van der Waals surface area (Å²) in [6.45, 7) is 8.76. The minimum atomic E-state index is 0.288. The van der Waals surface area contributed by atoms with Crippen LogP contribution in [-0.2, 0) is 4.79 Å². The second kappa shape index (κ2) is 4.01. The Morgan fingerprint density at radius 2 is 2.00 bits per heavy atom. The number of rotatable bonds is 1. The van der Waals surface area contributed by atoms with Gasteiger partial charge in [-0.25, -0.2) is 0 Å². The molecule has 0 fully saturated rings. The van der Waals surface area contributed by atoms with E-state index in [0.717, 1.165) is 6.42 Å². The first-order chi connectivity index (χ1) is 7.43. The highest BCUT2D eigenvalue weighted by Crippen LogP contribution is 2.50. The molecule has 0 aliphatic heterocycles. The Labute approximate surface area is 99.3 Å². The predicted octanol–water partition coefficient (Wildman–Crippen LogP) is 4.13. The molecule has 0 bridgehead atoms. The van der Waals surface area contributed by atoms with Crippen molar-refractivity contribution in [3.05, 3.63) is 11.1 Å². The zero-order chi connectivity index (χ0) is 11.9. The van der Waals surface area contributed by atoms with Gasteiger partial charge < -0.3 is 0 Å². The molecule has 0 N–H and O–H groups in total. The van der Waals surface area contributed by atoms with Crippen LogP contribution in [0.5, 0.6) is 0 Å². The van der Waals surface area contributed by atoms with E-state index < -0.39 is 0 Å². The van der Waals surface area contributed by atoms with Gasteiger partial charge in [0.25, 0.3) is 0 Å². The van der Waals surface area contributed by atoms with E-state index in [9.17, 15) is 4.79 Å². The van der Waals surface area contributed by atoms with Crippen LogP contribution in [0.15, 0.2) is 11.1 Å². The van der Waals surface area contributed by atoms with Gasteiger partial charge in [0, 0.05) is 5.92 Å². The van der Waals surface area contributed by atoms with Crippen molar-refractivity contribution >= 4 is 5.78 Å². The summed E-state index contributed by atoms with van der Waals surface area (Å²) >= 11 is 0. The van der Waals surface area contributed by atoms with Gasteiger partial charge in [-0.2, -0.15) is 0 Å². The maximum atomic E-state index is 11.7. The Morgan fingerprint density at radius 3 is 2.62 bits per heavy atom. The first-order valence-corrected chi connectivity index (χ1v) is 6.66. The molecule has 0 saturated heterocycles. The highest BCUT2D eigenvalue weighted by Gasteiger charge is 2.39. The third-order valence-corrected chi connectivity index (χ3v) is 4.73. The molecule has 0 heterocycles. The largest absolute Gasteiger partial charge is 0.300 e. The third kappa shape index (κ3) is 1.85. The van der Waals surface area contributed by atoms with E-state index >= 15 is 0 Å². The quantitative estimate of drug-likeness (QED) is 0.607. The van der Waals surface area contributed by atoms with E-state index in [2.05, 4.69) is 20.8 Å². The fourth-order valence-corrected chi connectivity index (χ4v) is 4.03. The molecule has 0 aromatic carbocycles. The third-order valence-electron chi connectivity index (χ3n) is 4.73. The summed E-state index contributed by atoms with van der Waals surface area (Å²) in [6, 6.07) is 0. The lowest BCUT2D eigenvalue weighted by atomic mass is 9.61. The summed E-state index contributed by atoms with van der Waals surface area (Å²) in [5.74, 6) is 1.16. The summed E-state index contributed by atoms with van der Waals surface area (Å²) in [5, 5.41) is 0. The first-order valence-electron chi connectivity index (χ1n) is 6.66. The minimum Gasteiger partial charge on any atom is -0.300 e. The number of ketones is 1. The summed E-state index contributed by atoms with van der Waals surface area (Å²) < 4.78 is 0. The van der Waals surface area contributed by atoms with Crippen molar-refractivity contribution in [2.75, 3.05) is 0 Å². The summed E-state index contributed by atoms with van der Waals surface area (Å²) in [6.07, 6.45) is 6.18. The SMILES string of the molecule is CC(=O)C1CCC2=C(C1C)C(C)(C)CCC2. The van der Waals surface area contributed by atoms with E-state index in [1.807, 2.05) is 0 Å². The van der Waals surface area contributed by atoms with Crippen LogP contribution in [0, 0.1) is 17.3 Å². The van der Waals surface area contributed by atoms with Gasteiger partial charge in [-0.3, -0.25) is 4.79 Å². The maximum absolute atomic E-state index is 11.7. The van der Waals surface area contributed by atoms with Crippen molar-refractivity contribution in [1.29, 1.82) is 0 Å². The molecule has 16 heavy (non-hydrogen) atoms. The average Bonchev–Trinajstić information content (AvgIpc) is 2.15. The monoisotopic (exact) mass is 220 g/mol. The molecule has 2 atom stereocenters. The second-order valence-electron chi connectivity index (χ2n) is 6.30. The predicted molar refractivity (Wildman–Crippen MR) is 67.2 cm³/mol. The highest BCUT2D eigenvalue weighted by atomic mass is 16.1. The van der Waals surface area contributed by atoms with Crippen LogP contribution in [0.25, 0.3) is 0 Å². The number of allylic oxidation sites excluding steroid dienone is 2. The number of hydrogen-bond acceptors (Lipinski definition) is 1.